The molecule has 0 aromatic heterocycles. The van der Waals surface area contributed by atoms with Crippen molar-refractivity contribution in [3.63, 3.8) is 0 Å². The third kappa shape index (κ3) is 1.44. The fourth-order valence-corrected chi connectivity index (χ4v) is 1.13. The third-order valence-electron chi connectivity index (χ3n) is 1.76. The van der Waals surface area contributed by atoms with Gasteiger partial charge in [0.15, 0.2) is 0 Å². The molecule has 0 bridgehead atoms. The van der Waals surface area contributed by atoms with Gasteiger partial charge in [-0.15, -0.1) is 13.2 Å². The molecule has 0 unspecified atom stereocenters. The van der Waals surface area contributed by atoms with E-state index < -0.39 is 17.8 Å². The highest BCUT2D eigenvalue weighted by molar-refractivity contribution is 6.44. The summed E-state index contributed by atoms with van der Waals surface area (Å²) in [6, 6.07) is -0.611. The van der Waals surface area contributed by atoms with Crippen molar-refractivity contribution < 1.29 is 14.4 Å². The summed E-state index contributed by atoms with van der Waals surface area (Å²) >= 11 is 0. The van der Waals surface area contributed by atoms with Crippen LogP contribution in [0.15, 0.2) is 25.3 Å². The lowest BCUT2D eigenvalue weighted by Gasteiger charge is -2.11. The fourth-order valence-electron chi connectivity index (χ4n) is 1.13. The Kier molecular flexibility index (Phi) is 2.81. The number of rotatable bonds is 4. The average Bonchev–Trinajstić information content (AvgIpc) is 2.36. The van der Waals surface area contributed by atoms with Crippen LogP contribution in [0.2, 0.25) is 0 Å². The van der Waals surface area contributed by atoms with Crippen molar-refractivity contribution >= 4 is 17.8 Å². The number of imide groups is 2. The summed E-state index contributed by atoms with van der Waals surface area (Å²) in [5, 5.41) is 0. The van der Waals surface area contributed by atoms with E-state index in [0.717, 1.165) is 9.80 Å². The molecule has 0 saturated carbocycles. The first kappa shape index (κ1) is 10.2. The second-order valence-corrected chi connectivity index (χ2v) is 2.69. The summed E-state index contributed by atoms with van der Waals surface area (Å²) < 4.78 is 0. The van der Waals surface area contributed by atoms with Crippen molar-refractivity contribution in [3.05, 3.63) is 25.3 Å². The zero-order valence-electron chi connectivity index (χ0n) is 7.60. The maximum Gasteiger partial charge on any atom is 0.334 e. The normalized spacial score (nSPS) is 16.4. The van der Waals surface area contributed by atoms with Gasteiger partial charge in [-0.25, -0.2) is 4.79 Å². The molecule has 1 fully saturated rings. The molecule has 0 radical (unpaired) electrons. The Bertz CT molecular complexity index is 292. The first-order valence-corrected chi connectivity index (χ1v) is 4.02. The fraction of sp³-hybridized carbons (Fsp3) is 0.222. The molecule has 0 N–H and O–H groups in total. The SMILES string of the molecule is C=CCN1C(=O)C(=O)N(CC=C)C1=O. The molecule has 74 valence electrons. The molecule has 4 amide bonds. The first-order valence-electron chi connectivity index (χ1n) is 4.02. The molecule has 0 aliphatic carbocycles. The van der Waals surface area contributed by atoms with Crippen LogP contribution < -0.4 is 0 Å². The Balaban J connectivity index is 2.90. The van der Waals surface area contributed by atoms with E-state index >= 15 is 0 Å². The quantitative estimate of drug-likeness (QED) is 0.363. The minimum atomic E-state index is -0.809. The van der Waals surface area contributed by atoms with Gasteiger partial charge in [0.05, 0.1) is 0 Å². The topological polar surface area (TPSA) is 57.7 Å². The standard InChI is InChI=1S/C9H10N2O3/c1-3-5-10-7(12)8(13)11(6-4-2)9(10)14/h3-4H,1-2,5-6H2. The zero-order chi connectivity index (χ0) is 10.7. The molecule has 14 heavy (non-hydrogen) atoms. The van der Waals surface area contributed by atoms with Gasteiger partial charge in [0.1, 0.15) is 0 Å². The minimum absolute atomic E-state index is 0.0526. The number of urea groups is 1. The maximum absolute atomic E-state index is 11.4. The van der Waals surface area contributed by atoms with E-state index in [-0.39, 0.29) is 13.1 Å². The Hall–Kier alpha value is -1.91. The first-order chi connectivity index (χ1) is 6.63. The molecule has 5 nitrogen and oxygen atoms in total. The van der Waals surface area contributed by atoms with Gasteiger partial charge in [-0.3, -0.25) is 19.4 Å². The number of hydrogen-bond acceptors (Lipinski definition) is 3. The molecule has 5 heteroatoms. The summed E-state index contributed by atoms with van der Waals surface area (Å²) in [4.78, 5) is 35.6. The molecule has 0 aromatic rings. The van der Waals surface area contributed by atoms with E-state index in [1.54, 1.807) is 0 Å². The Morgan fingerprint density at radius 1 is 0.929 bits per heavy atom. The Labute approximate surface area is 81.3 Å². The lowest BCUT2D eigenvalue weighted by atomic mass is 10.5. The molecule has 1 aliphatic heterocycles. The highest BCUT2D eigenvalue weighted by atomic mass is 16.2. The number of amides is 4. The molecule has 1 rings (SSSR count). The van der Waals surface area contributed by atoms with Crippen LogP contribution in [0.25, 0.3) is 0 Å². The van der Waals surface area contributed by atoms with Gasteiger partial charge in [-0.1, -0.05) is 12.2 Å². The average molecular weight is 194 g/mol. The predicted octanol–water partition coefficient (Wildman–Crippen LogP) is 0.149. The zero-order valence-corrected chi connectivity index (χ0v) is 7.60. The largest absolute Gasteiger partial charge is 0.334 e. The Morgan fingerprint density at radius 2 is 1.29 bits per heavy atom. The predicted molar refractivity (Wildman–Crippen MR) is 49.2 cm³/mol. The molecule has 1 heterocycles. The monoisotopic (exact) mass is 194 g/mol. The molecular weight excluding hydrogens is 184 g/mol. The molecule has 0 aromatic carbocycles. The van der Waals surface area contributed by atoms with E-state index in [1.165, 1.54) is 12.2 Å². The van der Waals surface area contributed by atoms with Crippen LogP contribution in [0.1, 0.15) is 0 Å². The van der Waals surface area contributed by atoms with Crippen LogP contribution in [-0.2, 0) is 9.59 Å². The summed E-state index contributed by atoms with van der Waals surface area (Å²) in [5.74, 6) is -1.62. The van der Waals surface area contributed by atoms with Gasteiger partial charge >= 0.3 is 17.8 Å². The van der Waals surface area contributed by atoms with Crippen LogP contribution in [0.5, 0.6) is 0 Å². The van der Waals surface area contributed by atoms with Crippen molar-refractivity contribution in [1.29, 1.82) is 0 Å². The minimum Gasteiger partial charge on any atom is -0.263 e. The van der Waals surface area contributed by atoms with Gasteiger partial charge in [-0.2, -0.15) is 0 Å². The van der Waals surface area contributed by atoms with Crippen LogP contribution in [0.4, 0.5) is 4.79 Å². The smallest absolute Gasteiger partial charge is 0.263 e. The lowest BCUT2D eigenvalue weighted by molar-refractivity contribution is -0.142. The summed E-state index contributed by atoms with van der Waals surface area (Å²) in [6.07, 6.45) is 2.78. The highest BCUT2D eigenvalue weighted by Gasteiger charge is 2.42. The molecule has 0 spiro atoms. The van der Waals surface area contributed by atoms with Crippen LogP contribution >= 0.6 is 0 Å². The van der Waals surface area contributed by atoms with Gasteiger partial charge in [0.2, 0.25) is 0 Å². The summed E-state index contributed by atoms with van der Waals surface area (Å²) in [5.41, 5.74) is 0. The van der Waals surface area contributed by atoms with Gasteiger partial charge in [0, 0.05) is 13.1 Å². The van der Waals surface area contributed by atoms with Crippen molar-refractivity contribution in [1.82, 2.24) is 9.80 Å². The number of nitrogens with zero attached hydrogens (tertiary/aromatic N) is 2. The van der Waals surface area contributed by atoms with Crippen LogP contribution in [-0.4, -0.2) is 40.7 Å². The lowest BCUT2D eigenvalue weighted by Crippen LogP contribution is -2.33. The number of carbonyl (C=O) groups excluding carboxylic acids is 3. The van der Waals surface area contributed by atoms with Crippen LogP contribution in [0, 0.1) is 0 Å². The van der Waals surface area contributed by atoms with Crippen molar-refractivity contribution in [3.8, 4) is 0 Å². The van der Waals surface area contributed by atoms with Crippen LogP contribution in [0.3, 0.4) is 0 Å². The van der Waals surface area contributed by atoms with Gasteiger partial charge in [-0.05, 0) is 0 Å². The second kappa shape index (κ2) is 3.87. The third-order valence-corrected chi connectivity index (χ3v) is 1.76. The second-order valence-electron chi connectivity index (χ2n) is 2.69. The van der Waals surface area contributed by atoms with Crippen molar-refractivity contribution in [2.75, 3.05) is 13.1 Å². The highest BCUT2D eigenvalue weighted by Crippen LogP contribution is 2.11. The molecule has 1 saturated heterocycles. The van der Waals surface area contributed by atoms with Gasteiger partial charge in [0.25, 0.3) is 0 Å². The van der Waals surface area contributed by atoms with Gasteiger partial charge < -0.3 is 0 Å². The number of carbonyl (C=O) groups is 3. The van der Waals surface area contributed by atoms with E-state index in [2.05, 4.69) is 13.2 Å². The summed E-state index contributed by atoms with van der Waals surface area (Å²) in [7, 11) is 0. The maximum atomic E-state index is 11.4. The molecule has 0 atom stereocenters. The van der Waals surface area contributed by atoms with E-state index in [9.17, 15) is 14.4 Å². The van der Waals surface area contributed by atoms with E-state index in [0.29, 0.717) is 0 Å². The van der Waals surface area contributed by atoms with Crippen molar-refractivity contribution in [2.24, 2.45) is 0 Å². The van der Waals surface area contributed by atoms with E-state index in [1.807, 2.05) is 0 Å². The Morgan fingerprint density at radius 3 is 1.57 bits per heavy atom. The molecule has 1 aliphatic rings. The van der Waals surface area contributed by atoms with E-state index in [4.69, 9.17) is 0 Å². The molecular formula is C9H10N2O3. The summed E-state index contributed by atoms with van der Waals surface area (Å²) in [6.45, 7) is 6.89. The number of hydrogen-bond donors (Lipinski definition) is 0. The van der Waals surface area contributed by atoms with Crippen molar-refractivity contribution in [2.45, 2.75) is 0 Å².